The number of nitrogens with one attached hydrogen (secondary N) is 1. The van der Waals surface area contributed by atoms with Crippen LogP contribution >= 0.6 is 0 Å². The molecule has 0 aromatic heterocycles. The highest BCUT2D eigenvalue weighted by atomic mass is 16.5. The van der Waals surface area contributed by atoms with Crippen molar-refractivity contribution < 1.29 is 28.7 Å². The Labute approximate surface area is 156 Å². The highest BCUT2D eigenvalue weighted by Gasteiger charge is 2.49. The first kappa shape index (κ1) is 18.8. The van der Waals surface area contributed by atoms with Crippen LogP contribution in [0.15, 0.2) is 30.3 Å². The molecule has 4 amide bonds. The fourth-order valence-corrected chi connectivity index (χ4v) is 3.03. The smallest absolute Gasteiger partial charge is 0.326 e. The van der Waals surface area contributed by atoms with Crippen molar-refractivity contribution in [2.45, 2.75) is 12.5 Å². The van der Waals surface area contributed by atoms with Gasteiger partial charge in [0.25, 0.3) is 11.8 Å². The van der Waals surface area contributed by atoms with Crippen molar-refractivity contribution in [1.29, 1.82) is 0 Å². The van der Waals surface area contributed by atoms with Crippen LogP contribution in [-0.2, 0) is 29.4 Å². The summed E-state index contributed by atoms with van der Waals surface area (Å²) in [6.45, 7) is 2.37. The van der Waals surface area contributed by atoms with Crippen molar-refractivity contribution in [1.82, 2.24) is 15.1 Å². The number of rotatable bonds is 5. The van der Waals surface area contributed by atoms with E-state index in [9.17, 15) is 19.2 Å². The lowest BCUT2D eigenvalue weighted by Gasteiger charge is -2.26. The number of imide groups is 1. The monoisotopic (exact) mass is 375 g/mol. The molecule has 144 valence electrons. The maximum Gasteiger partial charge on any atom is 0.326 e. The maximum absolute atomic E-state index is 12.7. The molecule has 0 spiro atoms. The molecule has 3 rings (SSSR count). The van der Waals surface area contributed by atoms with Crippen molar-refractivity contribution in [3.63, 3.8) is 0 Å². The van der Waals surface area contributed by atoms with Gasteiger partial charge in [0.15, 0.2) is 6.61 Å². The van der Waals surface area contributed by atoms with Crippen LogP contribution in [0.4, 0.5) is 4.79 Å². The van der Waals surface area contributed by atoms with E-state index in [4.69, 9.17) is 9.47 Å². The Morgan fingerprint density at radius 1 is 1.19 bits per heavy atom. The molecule has 0 radical (unpaired) electrons. The third-order valence-corrected chi connectivity index (χ3v) is 4.63. The Morgan fingerprint density at radius 2 is 1.85 bits per heavy atom. The predicted octanol–water partition coefficient (Wildman–Crippen LogP) is -0.144. The maximum atomic E-state index is 12.7. The van der Waals surface area contributed by atoms with Crippen LogP contribution in [0.3, 0.4) is 0 Å². The van der Waals surface area contributed by atoms with Gasteiger partial charge in [0, 0.05) is 13.1 Å². The van der Waals surface area contributed by atoms with Crippen LogP contribution in [0.25, 0.3) is 0 Å². The molecule has 2 fully saturated rings. The quantitative estimate of drug-likeness (QED) is 0.567. The molecule has 27 heavy (non-hydrogen) atoms. The molecule has 2 aliphatic heterocycles. The minimum absolute atomic E-state index is 0.335. The van der Waals surface area contributed by atoms with Gasteiger partial charge < -0.3 is 19.7 Å². The van der Waals surface area contributed by atoms with Crippen LogP contribution in [0, 0.1) is 0 Å². The second-order valence-corrected chi connectivity index (χ2v) is 6.47. The molecule has 0 unspecified atom stereocenters. The molecule has 1 atom stereocenters. The SMILES string of the molecule is C[C@@]1(c2ccccc2)NC(=O)N(CC(=O)OCC(=O)N2CCOCC2)C1=O. The standard InChI is InChI=1S/C18H21N3O6/c1-18(13-5-3-2-4-6-13)16(24)21(17(25)19-18)11-15(23)27-12-14(22)20-7-9-26-10-8-20/h2-6H,7-12H2,1H3,(H,19,25)/t18-/m0/s1. The number of carbonyl (C=O) groups is 4. The molecule has 2 aliphatic rings. The summed E-state index contributed by atoms with van der Waals surface area (Å²) < 4.78 is 10.1. The Morgan fingerprint density at radius 3 is 2.52 bits per heavy atom. The number of ether oxygens (including phenoxy) is 2. The predicted molar refractivity (Wildman–Crippen MR) is 92.4 cm³/mol. The molecular formula is C18H21N3O6. The minimum Gasteiger partial charge on any atom is -0.454 e. The molecule has 9 heteroatoms. The summed E-state index contributed by atoms with van der Waals surface area (Å²) in [5.41, 5.74) is -0.635. The van der Waals surface area contributed by atoms with Crippen LogP contribution in [0.1, 0.15) is 12.5 Å². The number of nitrogens with zero attached hydrogens (tertiary/aromatic N) is 2. The number of carbonyl (C=O) groups excluding carboxylic acids is 4. The topological polar surface area (TPSA) is 105 Å². The molecule has 1 aromatic carbocycles. The van der Waals surface area contributed by atoms with Crippen molar-refractivity contribution in [3.05, 3.63) is 35.9 Å². The van der Waals surface area contributed by atoms with Crippen LogP contribution in [0.2, 0.25) is 0 Å². The van der Waals surface area contributed by atoms with Gasteiger partial charge in [-0.1, -0.05) is 30.3 Å². The number of amides is 4. The van der Waals surface area contributed by atoms with Crippen molar-refractivity contribution in [2.75, 3.05) is 39.5 Å². The zero-order valence-electron chi connectivity index (χ0n) is 15.0. The fraction of sp³-hybridized carbons (Fsp3) is 0.444. The average molecular weight is 375 g/mol. The first-order valence-electron chi connectivity index (χ1n) is 8.62. The van der Waals surface area contributed by atoms with Gasteiger partial charge in [-0.05, 0) is 12.5 Å². The van der Waals surface area contributed by atoms with Gasteiger partial charge >= 0.3 is 12.0 Å². The van der Waals surface area contributed by atoms with Gasteiger partial charge in [-0.3, -0.25) is 19.3 Å². The van der Waals surface area contributed by atoms with Crippen LogP contribution in [-0.4, -0.2) is 73.1 Å². The zero-order valence-corrected chi connectivity index (χ0v) is 15.0. The van der Waals surface area contributed by atoms with E-state index in [2.05, 4.69) is 5.32 Å². The number of urea groups is 1. The summed E-state index contributed by atoms with van der Waals surface area (Å²) in [4.78, 5) is 51.3. The van der Waals surface area contributed by atoms with Gasteiger partial charge in [0.05, 0.1) is 13.2 Å². The number of esters is 1. The number of benzene rings is 1. The molecule has 9 nitrogen and oxygen atoms in total. The second-order valence-electron chi connectivity index (χ2n) is 6.47. The van der Waals surface area contributed by atoms with E-state index in [-0.39, 0.29) is 5.91 Å². The normalized spacial score (nSPS) is 22.6. The zero-order chi connectivity index (χ0) is 19.4. The Kier molecular flexibility index (Phi) is 5.41. The summed E-state index contributed by atoms with van der Waals surface area (Å²) >= 11 is 0. The van der Waals surface area contributed by atoms with Gasteiger partial charge in [0.2, 0.25) is 0 Å². The summed E-state index contributed by atoms with van der Waals surface area (Å²) in [5.74, 6) is -1.70. The lowest BCUT2D eigenvalue weighted by atomic mass is 9.92. The molecule has 0 bridgehead atoms. The van der Waals surface area contributed by atoms with E-state index < -0.39 is 36.6 Å². The largest absolute Gasteiger partial charge is 0.454 e. The molecule has 1 aromatic rings. The average Bonchev–Trinajstić information content (AvgIpc) is 2.91. The Bertz CT molecular complexity index is 747. The first-order valence-corrected chi connectivity index (χ1v) is 8.62. The Balaban J connectivity index is 1.57. The van der Waals surface area contributed by atoms with Crippen molar-refractivity contribution >= 4 is 23.8 Å². The van der Waals surface area contributed by atoms with E-state index in [0.29, 0.717) is 31.9 Å². The first-order chi connectivity index (χ1) is 12.9. The molecule has 0 saturated carbocycles. The second kappa shape index (κ2) is 7.75. The van der Waals surface area contributed by atoms with Crippen LogP contribution < -0.4 is 5.32 Å². The highest BCUT2D eigenvalue weighted by Crippen LogP contribution is 2.28. The molecular weight excluding hydrogens is 354 g/mol. The van der Waals surface area contributed by atoms with E-state index in [0.717, 1.165) is 4.90 Å². The molecule has 2 heterocycles. The molecule has 0 aliphatic carbocycles. The van der Waals surface area contributed by atoms with E-state index >= 15 is 0 Å². The van der Waals surface area contributed by atoms with Gasteiger partial charge in [0.1, 0.15) is 12.1 Å². The summed E-state index contributed by atoms with van der Waals surface area (Å²) in [7, 11) is 0. The summed E-state index contributed by atoms with van der Waals surface area (Å²) in [5, 5.41) is 2.61. The van der Waals surface area contributed by atoms with Gasteiger partial charge in [-0.15, -0.1) is 0 Å². The van der Waals surface area contributed by atoms with Gasteiger partial charge in [-0.2, -0.15) is 0 Å². The number of morpholine rings is 1. The van der Waals surface area contributed by atoms with Crippen LogP contribution in [0.5, 0.6) is 0 Å². The third-order valence-electron chi connectivity index (χ3n) is 4.63. The Hall–Kier alpha value is -2.94. The van der Waals surface area contributed by atoms with Crippen molar-refractivity contribution in [2.24, 2.45) is 0 Å². The minimum atomic E-state index is -1.25. The summed E-state index contributed by atoms with van der Waals surface area (Å²) in [6, 6.07) is 8.09. The molecule has 2 saturated heterocycles. The lowest BCUT2D eigenvalue weighted by molar-refractivity contribution is -0.155. The van der Waals surface area contributed by atoms with Gasteiger partial charge in [-0.25, -0.2) is 4.79 Å². The summed E-state index contributed by atoms with van der Waals surface area (Å²) in [6.07, 6.45) is 0. The van der Waals surface area contributed by atoms with E-state index in [1.54, 1.807) is 37.3 Å². The number of hydrogen-bond donors (Lipinski definition) is 1. The van der Waals surface area contributed by atoms with Crippen molar-refractivity contribution in [3.8, 4) is 0 Å². The highest BCUT2D eigenvalue weighted by molar-refractivity contribution is 6.08. The van der Waals surface area contributed by atoms with E-state index in [1.807, 2.05) is 0 Å². The lowest BCUT2D eigenvalue weighted by Crippen LogP contribution is -2.44. The third kappa shape index (κ3) is 3.92. The van der Waals surface area contributed by atoms with E-state index in [1.165, 1.54) is 4.90 Å². The molecule has 1 N–H and O–H groups in total. The fourth-order valence-electron chi connectivity index (χ4n) is 3.03. The number of hydrogen-bond acceptors (Lipinski definition) is 6.